The molecule has 1 N–H and O–H groups in total. The first-order chi connectivity index (χ1) is 13.1. The van der Waals surface area contributed by atoms with E-state index in [-0.39, 0.29) is 24.8 Å². The van der Waals surface area contributed by atoms with Crippen molar-refractivity contribution < 1.29 is 14.0 Å². The van der Waals surface area contributed by atoms with Crippen molar-refractivity contribution in [2.75, 3.05) is 0 Å². The highest BCUT2D eigenvalue weighted by Gasteiger charge is 2.28. The van der Waals surface area contributed by atoms with E-state index in [2.05, 4.69) is 5.32 Å². The molecule has 0 aliphatic rings. The first-order valence-electron chi connectivity index (χ1n) is 9.47. The lowest BCUT2D eigenvalue weighted by molar-refractivity contribution is -0.140. The lowest BCUT2D eigenvalue weighted by atomic mass is 10.1. The molecular weight excluding hydrogens is 355 g/mol. The van der Waals surface area contributed by atoms with Crippen LogP contribution in [0.15, 0.2) is 48.5 Å². The average Bonchev–Trinajstić information content (AvgIpc) is 2.59. The van der Waals surface area contributed by atoms with Gasteiger partial charge in [-0.2, -0.15) is 0 Å². The summed E-state index contributed by atoms with van der Waals surface area (Å²) >= 11 is 0. The third kappa shape index (κ3) is 6.19. The molecule has 2 aromatic rings. The number of benzene rings is 2. The fourth-order valence-electron chi connectivity index (χ4n) is 2.97. The summed E-state index contributed by atoms with van der Waals surface area (Å²) in [7, 11) is 0. The molecule has 5 heteroatoms. The topological polar surface area (TPSA) is 49.4 Å². The molecule has 1 atom stereocenters. The number of nitrogens with zero attached hydrogens (tertiary/aromatic N) is 1. The van der Waals surface area contributed by atoms with Crippen molar-refractivity contribution in [1.29, 1.82) is 0 Å². The van der Waals surface area contributed by atoms with Gasteiger partial charge in [0.15, 0.2) is 0 Å². The van der Waals surface area contributed by atoms with Gasteiger partial charge >= 0.3 is 0 Å². The third-order valence-corrected chi connectivity index (χ3v) is 4.40. The molecule has 28 heavy (non-hydrogen) atoms. The molecule has 0 heterocycles. The second kappa shape index (κ2) is 9.00. The number of carbonyl (C=O) groups excluding carboxylic acids is 2. The molecule has 2 aromatic carbocycles. The van der Waals surface area contributed by atoms with Crippen molar-refractivity contribution in [2.24, 2.45) is 0 Å². The van der Waals surface area contributed by atoms with Crippen LogP contribution in [0.25, 0.3) is 0 Å². The van der Waals surface area contributed by atoms with Gasteiger partial charge in [-0.05, 0) is 51.8 Å². The highest BCUT2D eigenvalue weighted by atomic mass is 19.1. The quantitative estimate of drug-likeness (QED) is 0.818. The van der Waals surface area contributed by atoms with E-state index in [1.54, 1.807) is 25.1 Å². The van der Waals surface area contributed by atoms with Crippen LogP contribution in [0.3, 0.4) is 0 Å². The second-order valence-electron chi connectivity index (χ2n) is 8.19. The van der Waals surface area contributed by atoms with Crippen LogP contribution >= 0.6 is 0 Å². The van der Waals surface area contributed by atoms with Gasteiger partial charge in [0.1, 0.15) is 11.9 Å². The lowest BCUT2D eigenvalue weighted by Crippen LogP contribution is -2.52. The summed E-state index contributed by atoms with van der Waals surface area (Å²) in [6.45, 7) is 9.64. The lowest BCUT2D eigenvalue weighted by Gasteiger charge is -2.31. The number of aryl methyl sites for hydroxylation is 1. The monoisotopic (exact) mass is 384 g/mol. The average molecular weight is 384 g/mol. The predicted molar refractivity (Wildman–Crippen MR) is 109 cm³/mol. The molecule has 0 fully saturated rings. The smallest absolute Gasteiger partial charge is 0.242 e. The predicted octanol–water partition coefficient (Wildman–Crippen LogP) is 4.01. The summed E-state index contributed by atoms with van der Waals surface area (Å²) in [6, 6.07) is 13.3. The molecule has 0 saturated heterocycles. The minimum Gasteiger partial charge on any atom is -0.350 e. The summed E-state index contributed by atoms with van der Waals surface area (Å²) in [5, 5.41) is 2.92. The minimum absolute atomic E-state index is 0.0916. The molecule has 2 rings (SSSR count). The van der Waals surface area contributed by atoms with Gasteiger partial charge in [-0.25, -0.2) is 4.39 Å². The molecule has 150 valence electrons. The van der Waals surface area contributed by atoms with Gasteiger partial charge < -0.3 is 10.2 Å². The summed E-state index contributed by atoms with van der Waals surface area (Å²) in [5.41, 5.74) is 1.92. The molecule has 0 aliphatic carbocycles. The standard InChI is InChI=1S/C23H29FN2O2/c1-16-9-8-10-18(13-16)15-26(17(2)22(28)25-23(3,4)5)21(27)14-19-11-6-7-12-20(19)24/h6-13,17H,14-15H2,1-5H3,(H,25,28)/t17-/m0/s1. The van der Waals surface area contributed by atoms with Crippen LogP contribution in [-0.2, 0) is 22.6 Å². The molecule has 0 aliphatic heterocycles. The van der Waals surface area contributed by atoms with Gasteiger partial charge in [-0.1, -0.05) is 48.0 Å². The van der Waals surface area contributed by atoms with Crippen LogP contribution in [0.1, 0.15) is 44.4 Å². The molecule has 0 aromatic heterocycles. The third-order valence-electron chi connectivity index (χ3n) is 4.40. The van der Waals surface area contributed by atoms with Crippen LogP contribution in [-0.4, -0.2) is 28.3 Å². The van der Waals surface area contributed by atoms with Gasteiger partial charge in [0, 0.05) is 12.1 Å². The number of nitrogens with one attached hydrogen (secondary N) is 1. The molecule has 0 bridgehead atoms. The first kappa shape index (κ1) is 21.6. The van der Waals surface area contributed by atoms with Gasteiger partial charge in [-0.15, -0.1) is 0 Å². The summed E-state index contributed by atoms with van der Waals surface area (Å²) < 4.78 is 14.0. The van der Waals surface area contributed by atoms with E-state index >= 15 is 0 Å². The fraction of sp³-hybridized carbons (Fsp3) is 0.391. The summed E-state index contributed by atoms with van der Waals surface area (Å²) in [6.07, 6.45) is -0.0916. The Bertz CT molecular complexity index is 842. The summed E-state index contributed by atoms with van der Waals surface area (Å²) in [4.78, 5) is 27.3. The fourth-order valence-corrected chi connectivity index (χ4v) is 2.97. The maximum Gasteiger partial charge on any atom is 0.242 e. The van der Waals surface area contributed by atoms with E-state index in [4.69, 9.17) is 0 Å². The second-order valence-corrected chi connectivity index (χ2v) is 8.19. The van der Waals surface area contributed by atoms with E-state index in [1.165, 1.54) is 11.0 Å². The number of halogens is 1. The van der Waals surface area contributed by atoms with Crippen molar-refractivity contribution in [3.8, 4) is 0 Å². The van der Waals surface area contributed by atoms with Crippen LogP contribution in [0.5, 0.6) is 0 Å². The Hall–Kier alpha value is -2.69. The zero-order valence-corrected chi connectivity index (χ0v) is 17.3. The molecule has 2 amide bonds. The number of carbonyl (C=O) groups is 2. The van der Waals surface area contributed by atoms with Crippen molar-refractivity contribution in [1.82, 2.24) is 10.2 Å². The largest absolute Gasteiger partial charge is 0.350 e. The Labute approximate surface area is 166 Å². The highest BCUT2D eigenvalue weighted by Crippen LogP contribution is 2.15. The van der Waals surface area contributed by atoms with Crippen LogP contribution < -0.4 is 5.32 Å². The number of rotatable bonds is 6. The maximum atomic E-state index is 14.0. The highest BCUT2D eigenvalue weighted by molar-refractivity contribution is 5.88. The molecular formula is C23H29FN2O2. The zero-order chi connectivity index (χ0) is 20.9. The Morgan fingerprint density at radius 3 is 2.39 bits per heavy atom. The van der Waals surface area contributed by atoms with E-state index in [0.717, 1.165) is 11.1 Å². The Kier molecular flexibility index (Phi) is 6.95. The van der Waals surface area contributed by atoms with Gasteiger partial charge in [0.25, 0.3) is 0 Å². The van der Waals surface area contributed by atoms with Crippen LogP contribution in [0, 0.1) is 12.7 Å². The van der Waals surface area contributed by atoms with E-state index < -0.39 is 17.4 Å². The van der Waals surface area contributed by atoms with Gasteiger partial charge in [0.05, 0.1) is 6.42 Å². The molecule has 0 saturated carbocycles. The Balaban J connectivity index is 2.27. The molecule has 0 radical (unpaired) electrons. The van der Waals surface area contributed by atoms with E-state index in [0.29, 0.717) is 5.56 Å². The number of hydrogen-bond acceptors (Lipinski definition) is 2. The van der Waals surface area contributed by atoms with Crippen molar-refractivity contribution in [3.05, 3.63) is 71.0 Å². The van der Waals surface area contributed by atoms with Crippen LogP contribution in [0.2, 0.25) is 0 Å². The normalized spacial score (nSPS) is 12.4. The number of amides is 2. The van der Waals surface area contributed by atoms with E-state index in [9.17, 15) is 14.0 Å². The molecule has 0 spiro atoms. The van der Waals surface area contributed by atoms with Crippen molar-refractivity contribution in [2.45, 2.75) is 59.2 Å². The minimum atomic E-state index is -0.681. The van der Waals surface area contributed by atoms with Gasteiger partial charge in [-0.3, -0.25) is 9.59 Å². The summed E-state index contributed by atoms with van der Waals surface area (Å²) in [5.74, 6) is -0.941. The SMILES string of the molecule is Cc1cccc(CN(C(=O)Cc2ccccc2F)[C@@H](C)C(=O)NC(C)(C)C)c1. The van der Waals surface area contributed by atoms with Gasteiger partial charge in [0.2, 0.25) is 11.8 Å². The van der Waals surface area contributed by atoms with Crippen molar-refractivity contribution >= 4 is 11.8 Å². The van der Waals surface area contributed by atoms with E-state index in [1.807, 2.05) is 52.0 Å². The first-order valence-corrected chi connectivity index (χ1v) is 9.47. The zero-order valence-electron chi connectivity index (χ0n) is 17.3. The Morgan fingerprint density at radius 2 is 1.79 bits per heavy atom. The number of hydrogen-bond donors (Lipinski definition) is 1. The Morgan fingerprint density at radius 1 is 1.11 bits per heavy atom. The maximum absolute atomic E-state index is 14.0. The van der Waals surface area contributed by atoms with Crippen molar-refractivity contribution in [3.63, 3.8) is 0 Å². The molecule has 0 unspecified atom stereocenters. The molecule has 4 nitrogen and oxygen atoms in total. The van der Waals surface area contributed by atoms with Crippen LogP contribution in [0.4, 0.5) is 4.39 Å².